The van der Waals surface area contributed by atoms with Gasteiger partial charge in [0.05, 0.1) is 23.2 Å². The molecule has 5 rings (SSSR count). The molecule has 2 unspecified atom stereocenters. The van der Waals surface area contributed by atoms with E-state index in [9.17, 15) is 9.90 Å². The minimum atomic E-state index is -1.93. The zero-order valence-electron chi connectivity index (χ0n) is 19.7. The number of carbonyl (C=O) groups excluding carboxylic acids is 1. The second-order valence-corrected chi connectivity index (χ2v) is 10.3. The predicted octanol–water partition coefficient (Wildman–Crippen LogP) is 3.62. The number of fused-ring (bicyclic) bond motifs is 1. The molecule has 3 aliphatic heterocycles. The van der Waals surface area contributed by atoms with Crippen LogP contribution in [0.25, 0.3) is 0 Å². The van der Waals surface area contributed by atoms with Crippen molar-refractivity contribution >= 4 is 23.7 Å². The summed E-state index contributed by atoms with van der Waals surface area (Å²) in [6.45, 7) is 2.65. The predicted molar refractivity (Wildman–Crippen MR) is 128 cm³/mol. The van der Waals surface area contributed by atoms with Crippen molar-refractivity contribution in [2.45, 2.75) is 75.2 Å². The molecule has 2 fully saturated rings. The maximum atomic E-state index is 16.0. The van der Waals surface area contributed by atoms with Gasteiger partial charge in [-0.1, -0.05) is 18.5 Å². The Labute approximate surface area is 208 Å². The number of aliphatic imine (C=N–C) groups is 1. The number of amides is 1. The van der Waals surface area contributed by atoms with Gasteiger partial charge in [-0.05, 0) is 69.3 Å². The molecule has 1 saturated carbocycles. The van der Waals surface area contributed by atoms with Gasteiger partial charge in [-0.3, -0.25) is 9.79 Å². The monoisotopic (exact) mass is 508 g/mol. The normalized spacial score (nSPS) is 27.6. The van der Waals surface area contributed by atoms with Gasteiger partial charge >= 0.3 is 0 Å². The highest BCUT2D eigenvalue weighted by Gasteiger charge is 2.53. The number of hydrogen-bond acceptors (Lipinski definition) is 6. The maximum Gasteiger partial charge on any atom is 0.256 e. The van der Waals surface area contributed by atoms with Crippen LogP contribution in [0.4, 0.5) is 8.78 Å². The fourth-order valence-corrected chi connectivity index (χ4v) is 5.55. The Balaban J connectivity index is 1.51. The van der Waals surface area contributed by atoms with Gasteiger partial charge in [0, 0.05) is 18.0 Å². The largest absolute Gasteiger partial charge is 0.382 e. The average molecular weight is 509 g/mol. The first-order valence-electron chi connectivity index (χ1n) is 12.3. The molecule has 3 N–H and O–H groups in total. The zero-order valence-corrected chi connectivity index (χ0v) is 20.5. The molecule has 1 amide bonds. The topological polar surface area (TPSA) is 86.2 Å². The number of hydrogen-bond donors (Lipinski definition) is 3. The lowest BCUT2D eigenvalue weighted by Crippen LogP contribution is -2.53. The SMILES string of the molecule is CCC(O)(c1cc(F)c2c(c1)C(=O)N(CC1N=CC(Cl)=CN1)[C@@H]2OC1CCC1)C1(F)CCNCC1. The van der Waals surface area contributed by atoms with Crippen LogP contribution in [-0.4, -0.2) is 59.7 Å². The Bertz CT molecular complexity index is 1060. The summed E-state index contributed by atoms with van der Waals surface area (Å²) in [5.74, 6) is -1.11. The van der Waals surface area contributed by atoms with Gasteiger partial charge in [0.15, 0.2) is 6.23 Å². The van der Waals surface area contributed by atoms with Crippen LogP contribution >= 0.6 is 11.6 Å². The van der Waals surface area contributed by atoms with E-state index in [1.165, 1.54) is 23.2 Å². The number of nitrogens with zero attached hydrogens (tertiary/aromatic N) is 2. The number of benzene rings is 1. The fraction of sp³-hybridized carbons (Fsp3) is 0.600. The Morgan fingerprint density at radius 1 is 1.34 bits per heavy atom. The third kappa shape index (κ3) is 4.26. The highest BCUT2D eigenvalue weighted by Crippen LogP contribution is 2.47. The third-order valence-corrected chi connectivity index (χ3v) is 8.02. The number of ether oxygens (including phenoxy) is 1. The molecule has 1 aromatic carbocycles. The summed E-state index contributed by atoms with van der Waals surface area (Å²) in [5.41, 5.74) is -3.53. The number of allylic oxidation sites excluding steroid dienone is 1. The van der Waals surface area contributed by atoms with Gasteiger partial charge in [-0.2, -0.15) is 0 Å². The highest BCUT2D eigenvalue weighted by atomic mass is 35.5. The molecule has 0 spiro atoms. The van der Waals surface area contributed by atoms with E-state index in [-0.39, 0.29) is 48.6 Å². The molecule has 0 radical (unpaired) electrons. The van der Waals surface area contributed by atoms with E-state index in [1.54, 1.807) is 13.1 Å². The standard InChI is InChI=1S/C25H31ClF2N4O3/c1-2-25(34,24(28)6-8-29-9-7-24)15-10-18-21(19(27)11-15)23(35-17-4-3-5-17)32(22(18)33)14-20-30-12-16(26)13-31-20/h10-13,17,20,23,29-30,34H,2-9,14H2,1H3/t20?,23-,25?/m1/s1. The molecule has 35 heavy (non-hydrogen) atoms. The Kier molecular flexibility index (Phi) is 6.63. The summed E-state index contributed by atoms with van der Waals surface area (Å²) in [7, 11) is 0. The van der Waals surface area contributed by atoms with Crippen molar-refractivity contribution in [3.8, 4) is 0 Å². The molecule has 190 valence electrons. The average Bonchev–Trinajstić information content (AvgIpc) is 3.08. The van der Waals surface area contributed by atoms with Gasteiger partial charge in [0.1, 0.15) is 23.3 Å². The van der Waals surface area contributed by atoms with Crippen molar-refractivity contribution < 1.29 is 23.4 Å². The van der Waals surface area contributed by atoms with E-state index in [0.29, 0.717) is 18.1 Å². The molecule has 3 heterocycles. The number of halogens is 3. The molecule has 7 nitrogen and oxygen atoms in total. The summed E-state index contributed by atoms with van der Waals surface area (Å²) >= 11 is 5.93. The van der Waals surface area contributed by atoms with E-state index >= 15 is 8.78 Å². The van der Waals surface area contributed by atoms with Crippen LogP contribution in [-0.2, 0) is 10.3 Å². The lowest BCUT2D eigenvalue weighted by Gasteiger charge is -2.44. The first-order chi connectivity index (χ1) is 16.8. The summed E-state index contributed by atoms with van der Waals surface area (Å²) in [6, 6.07) is 2.64. The number of nitrogens with one attached hydrogen (secondary N) is 2. The van der Waals surface area contributed by atoms with Gasteiger partial charge in [0.2, 0.25) is 0 Å². The van der Waals surface area contributed by atoms with E-state index in [2.05, 4.69) is 15.6 Å². The van der Waals surface area contributed by atoms with Gasteiger partial charge < -0.3 is 25.4 Å². The smallest absolute Gasteiger partial charge is 0.256 e. The second-order valence-electron chi connectivity index (χ2n) is 9.84. The fourth-order valence-electron chi connectivity index (χ4n) is 5.43. The molecule has 0 bridgehead atoms. The lowest BCUT2D eigenvalue weighted by molar-refractivity contribution is -0.127. The number of piperidine rings is 1. The van der Waals surface area contributed by atoms with Crippen molar-refractivity contribution in [3.05, 3.63) is 45.9 Å². The number of rotatable bonds is 7. The van der Waals surface area contributed by atoms with Crippen molar-refractivity contribution in [2.75, 3.05) is 19.6 Å². The number of carbonyl (C=O) groups is 1. The zero-order chi connectivity index (χ0) is 24.8. The summed E-state index contributed by atoms with van der Waals surface area (Å²) in [4.78, 5) is 19.3. The van der Waals surface area contributed by atoms with Crippen LogP contribution in [0.1, 0.15) is 73.2 Å². The molecule has 1 saturated heterocycles. The molecule has 4 aliphatic rings. The van der Waals surface area contributed by atoms with Crippen LogP contribution in [0.15, 0.2) is 28.4 Å². The first kappa shape index (κ1) is 24.6. The molecule has 10 heteroatoms. The molecule has 1 aromatic rings. The van der Waals surface area contributed by atoms with E-state index in [1.807, 2.05) is 0 Å². The number of alkyl halides is 1. The Morgan fingerprint density at radius 2 is 2.09 bits per heavy atom. The summed E-state index contributed by atoms with van der Waals surface area (Å²) < 4.78 is 38.0. The van der Waals surface area contributed by atoms with Crippen LogP contribution in [0.3, 0.4) is 0 Å². The van der Waals surface area contributed by atoms with Crippen LogP contribution < -0.4 is 10.6 Å². The van der Waals surface area contributed by atoms with Crippen molar-refractivity contribution in [2.24, 2.45) is 4.99 Å². The van der Waals surface area contributed by atoms with Crippen LogP contribution in [0.5, 0.6) is 0 Å². The van der Waals surface area contributed by atoms with Gasteiger partial charge in [0.25, 0.3) is 5.91 Å². The first-order valence-corrected chi connectivity index (χ1v) is 12.7. The van der Waals surface area contributed by atoms with Crippen molar-refractivity contribution in [1.29, 1.82) is 0 Å². The molecule has 3 atom stereocenters. The second kappa shape index (κ2) is 9.42. The van der Waals surface area contributed by atoms with Crippen molar-refractivity contribution in [3.63, 3.8) is 0 Å². The summed E-state index contributed by atoms with van der Waals surface area (Å²) in [5, 5.41) is 18.1. The third-order valence-electron chi connectivity index (χ3n) is 7.81. The van der Waals surface area contributed by atoms with E-state index < -0.39 is 35.4 Å². The van der Waals surface area contributed by atoms with Gasteiger partial charge in [-0.25, -0.2) is 8.78 Å². The van der Waals surface area contributed by atoms with Crippen LogP contribution in [0.2, 0.25) is 0 Å². The molecular formula is C25H31ClF2N4O3. The molecular weight excluding hydrogens is 478 g/mol. The van der Waals surface area contributed by atoms with Crippen LogP contribution in [0, 0.1) is 5.82 Å². The minimum absolute atomic E-state index is 0.0510. The minimum Gasteiger partial charge on any atom is -0.382 e. The van der Waals surface area contributed by atoms with E-state index in [0.717, 1.165) is 19.3 Å². The van der Waals surface area contributed by atoms with Crippen molar-refractivity contribution in [1.82, 2.24) is 15.5 Å². The Morgan fingerprint density at radius 3 is 2.69 bits per heavy atom. The Hall–Kier alpha value is -2.07. The number of aliphatic hydroxyl groups is 1. The molecule has 0 aromatic heterocycles. The van der Waals surface area contributed by atoms with Gasteiger partial charge in [-0.15, -0.1) is 0 Å². The maximum absolute atomic E-state index is 16.0. The highest BCUT2D eigenvalue weighted by molar-refractivity contribution is 6.39. The lowest BCUT2D eigenvalue weighted by atomic mass is 9.71. The van der Waals surface area contributed by atoms with E-state index in [4.69, 9.17) is 16.3 Å². The molecule has 1 aliphatic carbocycles. The summed E-state index contributed by atoms with van der Waals surface area (Å²) in [6.07, 6.45) is 4.62. The quantitative estimate of drug-likeness (QED) is 0.524.